The van der Waals surface area contributed by atoms with E-state index in [4.69, 9.17) is 5.84 Å². The summed E-state index contributed by atoms with van der Waals surface area (Å²) in [5, 5.41) is 2.64. The zero-order valence-electron chi connectivity index (χ0n) is 9.12. The van der Waals surface area contributed by atoms with Crippen molar-refractivity contribution in [2.24, 2.45) is 5.84 Å². The largest absolute Gasteiger partial charge is 0.352 e. The van der Waals surface area contributed by atoms with Crippen LogP contribution in [-0.4, -0.2) is 18.4 Å². The minimum atomic E-state index is -0.301. The molecule has 0 saturated carbocycles. The van der Waals surface area contributed by atoms with Crippen LogP contribution in [0.25, 0.3) is 0 Å². The van der Waals surface area contributed by atoms with Crippen LogP contribution in [0.3, 0.4) is 0 Å². The molecule has 0 bridgehead atoms. The highest BCUT2D eigenvalue weighted by atomic mass is 16.2. The number of nitrogens with two attached hydrogens (primary N) is 1. The molecule has 0 aliphatic heterocycles. The monoisotopic (exact) mass is 221 g/mol. The van der Waals surface area contributed by atoms with Crippen molar-refractivity contribution in [2.75, 3.05) is 6.54 Å². The zero-order valence-corrected chi connectivity index (χ0v) is 9.12. The summed E-state index contributed by atoms with van der Waals surface area (Å²) in [6, 6.07) is 7.25. The smallest absolute Gasteiger partial charge is 0.251 e. The first-order valence-corrected chi connectivity index (χ1v) is 4.98. The first kappa shape index (κ1) is 12.2. The van der Waals surface area contributed by atoms with Gasteiger partial charge in [-0.3, -0.25) is 15.0 Å². The summed E-state index contributed by atoms with van der Waals surface area (Å²) in [6.45, 7) is 2.19. The van der Waals surface area contributed by atoms with Crippen molar-refractivity contribution in [3.63, 3.8) is 0 Å². The fourth-order valence-electron chi connectivity index (χ4n) is 1.25. The summed E-state index contributed by atoms with van der Waals surface area (Å²) in [6.07, 6.45) is 0.175. The van der Waals surface area contributed by atoms with Gasteiger partial charge in [-0.15, -0.1) is 0 Å². The van der Waals surface area contributed by atoms with E-state index in [-0.39, 0.29) is 24.8 Å². The molecule has 0 fully saturated rings. The normalized spacial score (nSPS) is 9.62. The molecule has 0 unspecified atom stereocenters. The van der Waals surface area contributed by atoms with E-state index in [9.17, 15) is 9.59 Å². The summed E-state index contributed by atoms with van der Waals surface area (Å²) < 4.78 is 0. The standard InChI is InChI=1S/C11H15N3O2/c1-8-3-2-4-9(7-8)11(16)13-6-5-10(15)14-12/h2-4,7H,5-6,12H2,1H3,(H,13,16)(H,14,15). The van der Waals surface area contributed by atoms with E-state index >= 15 is 0 Å². The molecule has 0 aliphatic rings. The lowest BCUT2D eigenvalue weighted by molar-refractivity contribution is -0.121. The van der Waals surface area contributed by atoms with Crippen LogP contribution in [-0.2, 0) is 4.79 Å². The van der Waals surface area contributed by atoms with Crippen LogP contribution in [0.15, 0.2) is 24.3 Å². The van der Waals surface area contributed by atoms with Crippen molar-refractivity contribution in [1.29, 1.82) is 0 Å². The number of carbonyl (C=O) groups excluding carboxylic acids is 2. The molecule has 0 aromatic heterocycles. The van der Waals surface area contributed by atoms with Crippen molar-refractivity contribution < 1.29 is 9.59 Å². The van der Waals surface area contributed by atoms with Gasteiger partial charge in [-0.1, -0.05) is 17.7 Å². The Kier molecular flexibility index (Phi) is 4.47. The van der Waals surface area contributed by atoms with Crippen molar-refractivity contribution in [3.8, 4) is 0 Å². The number of hydrogen-bond acceptors (Lipinski definition) is 3. The van der Waals surface area contributed by atoms with Gasteiger partial charge in [-0.05, 0) is 19.1 Å². The summed E-state index contributed by atoms with van der Waals surface area (Å²) in [4.78, 5) is 22.4. The second-order valence-electron chi connectivity index (χ2n) is 3.44. The highest BCUT2D eigenvalue weighted by Crippen LogP contribution is 2.03. The van der Waals surface area contributed by atoms with Crippen LogP contribution in [0, 0.1) is 6.92 Å². The topological polar surface area (TPSA) is 84.2 Å². The SMILES string of the molecule is Cc1cccc(C(=O)NCCC(=O)NN)c1. The van der Waals surface area contributed by atoms with E-state index in [0.29, 0.717) is 5.56 Å². The highest BCUT2D eigenvalue weighted by molar-refractivity contribution is 5.94. The van der Waals surface area contributed by atoms with Gasteiger partial charge in [0.2, 0.25) is 5.91 Å². The van der Waals surface area contributed by atoms with Crippen molar-refractivity contribution in [2.45, 2.75) is 13.3 Å². The van der Waals surface area contributed by atoms with Gasteiger partial charge >= 0.3 is 0 Å². The molecule has 4 N–H and O–H groups in total. The second kappa shape index (κ2) is 5.87. The van der Waals surface area contributed by atoms with Crippen LogP contribution in [0.4, 0.5) is 0 Å². The molecule has 0 aliphatic carbocycles. The molecule has 1 rings (SSSR count). The van der Waals surface area contributed by atoms with Gasteiger partial charge in [0, 0.05) is 18.5 Å². The van der Waals surface area contributed by atoms with Crippen LogP contribution in [0.5, 0.6) is 0 Å². The van der Waals surface area contributed by atoms with E-state index < -0.39 is 0 Å². The van der Waals surface area contributed by atoms with Gasteiger partial charge in [0.1, 0.15) is 0 Å². The predicted octanol–water partition coefficient (Wildman–Crippen LogP) is 0.105. The molecule has 1 aromatic carbocycles. The lowest BCUT2D eigenvalue weighted by atomic mass is 10.1. The van der Waals surface area contributed by atoms with E-state index in [1.54, 1.807) is 12.1 Å². The Labute approximate surface area is 94.0 Å². The Morgan fingerprint density at radius 2 is 2.12 bits per heavy atom. The molecular weight excluding hydrogens is 206 g/mol. The Morgan fingerprint density at radius 3 is 2.75 bits per heavy atom. The second-order valence-corrected chi connectivity index (χ2v) is 3.44. The summed E-state index contributed by atoms with van der Waals surface area (Å²) >= 11 is 0. The lowest BCUT2D eigenvalue weighted by Crippen LogP contribution is -2.34. The van der Waals surface area contributed by atoms with Crippen molar-refractivity contribution >= 4 is 11.8 Å². The first-order chi connectivity index (χ1) is 7.63. The number of amides is 2. The number of rotatable bonds is 4. The first-order valence-electron chi connectivity index (χ1n) is 4.98. The molecule has 16 heavy (non-hydrogen) atoms. The van der Waals surface area contributed by atoms with Gasteiger partial charge in [-0.25, -0.2) is 5.84 Å². The molecule has 5 heteroatoms. The maximum absolute atomic E-state index is 11.6. The third-order valence-corrected chi connectivity index (χ3v) is 2.08. The van der Waals surface area contributed by atoms with Crippen molar-refractivity contribution in [3.05, 3.63) is 35.4 Å². The predicted molar refractivity (Wildman–Crippen MR) is 60.5 cm³/mol. The fourth-order valence-corrected chi connectivity index (χ4v) is 1.25. The third-order valence-electron chi connectivity index (χ3n) is 2.08. The molecule has 0 radical (unpaired) electrons. The number of benzene rings is 1. The number of carbonyl (C=O) groups is 2. The van der Waals surface area contributed by atoms with E-state index in [1.165, 1.54) is 0 Å². The Morgan fingerprint density at radius 1 is 1.38 bits per heavy atom. The Hall–Kier alpha value is -1.88. The van der Waals surface area contributed by atoms with Crippen LogP contribution < -0.4 is 16.6 Å². The average Bonchev–Trinajstić information content (AvgIpc) is 2.28. The quantitative estimate of drug-likeness (QED) is 0.383. The number of nitrogens with one attached hydrogen (secondary N) is 2. The molecule has 0 saturated heterocycles. The lowest BCUT2D eigenvalue weighted by Gasteiger charge is -2.05. The van der Waals surface area contributed by atoms with E-state index in [1.807, 2.05) is 24.5 Å². The summed E-state index contributed by atoms with van der Waals surface area (Å²) in [5.41, 5.74) is 3.61. The molecule has 5 nitrogen and oxygen atoms in total. The molecular formula is C11H15N3O2. The molecule has 2 amide bonds. The molecule has 86 valence electrons. The average molecular weight is 221 g/mol. The molecule has 0 atom stereocenters. The molecule has 0 heterocycles. The highest BCUT2D eigenvalue weighted by Gasteiger charge is 2.05. The van der Waals surface area contributed by atoms with Gasteiger partial charge < -0.3 is 5.32 Å². The number of aryl methyl sites for hydroxylation is 1. The van der Waals surface area contributed by atoms with Crippen molar-refractivity contribution in [1.82, 2.24) is 10.7 Å². The molecule has 0 spiro atoms. The summed E-state index contributed by atoms with van der Waals surface area (Å²) in [5.74, 6) is 4.42. The van der Waals surface area contributed by atoms with Crippen LogP contribution in [0.1, 0.15) is 22.3 Å². The minimum Gasteiger partial charge on any atom is -0.352 e. The maximum atomic E-state index is 11.6. The zero-order chi connectivity index (χ0) is 12.0. The van der Waals surface area contributed by atoms with Crippen LogP contribution in [0.2, 0.25) is 0 Å². The van der Waals surface area contributed by atoms with E-state index in [2.05, 4.69) is 5.32 Å². The van der Waals surface area contributed by atoms with Crippen LogP contribution >= 0.6 is 0 Å². The van der Waals surface area contributed by atoms with Gasteiger partial charge in [0.25, 0.3) is 5.91 Å². The fraction of sp³-hybridized carbons (Fsp3) is 0.273. The molecule has 1 aromatic rings. The van der Waals surface area contributed by atoms with Gasteiger partial charge in [-0.2, -0.15) is 0 Å². The summed E-state index contributed by atoms with van der Waals surface area (Å²) in [7, 11) is 0. The Bertz CT molecular complexity index is 391. The van der Waals surface area contributed by atoms with Gasteiger partial charge in [0.05, 0.1) is 0 Å². The minimum absolute atomic E-state index is 0.175. The van der Waals surface area contributed by atoms with Gasteiger partial charge in [0.15, 0.2) is 0 Å². The Balaban J connectivity index is 2.44. The van der Waals surface area contributed by atoms with E-state index in [0.717, 1.165) is 5.56 Å². The number of hydrogen-bond donors (Lipinski definition) is 3. The third kappa shape index (κ3) is 3.70. The number of hydrazine groups is 1. The maximum Gasteiger partial charge on any atom is 0.251 e.